The highest BCUT2D eigenvalue weighted by Gasteiger charge is 2.27. The second-order valence-corrected chi connectivity index (χ2v) is 8.24. The van der Waals surface area contributed by atoms with Gasteiger partial charge in [-0.25, -0.2) is 4.79 Å². The summed E-state index contributed by atoms with van der Waals surface area (Å²) in [6.07, 6.45) is 1.60. The maximum atomic E-state index is 12.2. The van der Waals surface area contributed by atoms with Crippen LogP contribution in [-0.4, -0.2) is 40.7 Å². The van der Waals surface area contributed by atoms with Crippen LogP contribution in [0.4, 0.5) is 10.5 Å². The number of phenols is 1. The van der Waals surface area contributed by atoms with Crippen LogP contribution >= 0.6 is 15.9 Å². The highest BCUT2D eigenvalue weighted by Crippen LogP contribution is 2.28. The number of nitrogens with one attached hydrogen (secondary N) is 1. The standard InChI is InChI=1S/C18H25BrN2O4/c1-18(2,3)25-17(24)21-8-6-12(7-9-21)10-16(23)20-14-5-4-13(19)11-15(14)22/h4-5,11-12,22H,6-10H2,1-3H3,(H,20,23). The second kappa shape index (κ2) is 8.08. The molecule has 0 radical (unpaired) electrons. The first kappa shape index (κ1) is 19.6. The van der Waals surface area contributed by atoms with Gasteiger partial charge in [0, 0.05) is 24.0 Å². The molecule has 1 heterocycles. The molecule has 1 aliphatic heterocycles. The number of rotatable bonds is 3. The topological polar surface area (TPSA) is 78.9 Å². The van der Waals surface area contributed by atoms with Gasteiger partial charge in [0.1, 0.15) is 11.4 Å². The summed E-state index contributed by atoms with van der Waals surface area (Å²) in [5.74, 6) is 0.118. The van der Waals surface area contributed by atoms with E-state index in [-0.39, 0.29) is 23.7 Å². The Morgan fingerprint density at radius 3 is 2.52 bits per heavy atom. The molecule has 1 saturated heterocycles. The lowest BCUT2D eigenvalue weighted by molar-refractivity contribution is -0.117. The summed E-state index contributed by atoms with van der Waals surface area (Å²) in [7, 11) is 0. The minimum absolute atomic E-state index is 0.0301. The molecule has 1 fully saturated rings. The Morgan fingerprint density at radius 2 is 1.96 bits per heavy atom. The van der Waals surface area contributed by atoms with E-state index in [4.69, 9.17) is 4.74 Å². The van der Waals surface area contributed by atoms with Crippen molar-refractivity contribution in [1.82, 2.24) is 4.90 Å². The molecule has 2 rings (SSSR count). The molecule has 2 amide bonds. The monoisotopic (exact) mass is 412 g/mol. The SMILES string of the molecule is CC(C)(C)OC(=O)N1CCC(CC(=O)Nc2ccc(Br)cc2O)CC1. The summed E-state index contributed by atoms with van der Waals surface area (Å²) in [6.45, 7) is 6.73. The summed E-state index contributed by atoms with van der Waals surface area (Å²) in [5, 5.41) is 12.6. The molecular formula is C18H25BrN2O4. The number of hydrogen-bond donors (Lipinski definition) is 2. The Bertz CT molecular complexity index is 634. The Morgan fingerprint density at radius 1 is 1.32 bits per heavy atom. The van der Waals surface area contributed by atoms with E-state index in [1.807, 2.05) is 20.8 Å². The molecule has 6 nitrogen and oxygen atoms in total. The molecular weight excluding hydrogens is 388 g/mol. The maximum Gasteiger partial charge on any atom is 0.410 e. The van der Waals surface area contributed by atoms with Crippen LogP contribution in [0.3, 0.4) is 0 Å². The van der Waals surface area contributed by atoms with Crippen LogP contribution in [0.15, 0.2) is 22.7 Å². The summed E-state index contributed by atoms with van der Waals surface area (Å²) in [6, 6.07) is 4.95. The summed E-state index contributed by atoms with van der Waals surface area (Å²) in [4.78, 5) is 25.9. The Kier molecular flexibility index (Phi) is 6.32. The van der Waals surface area contributed by atoms with Gasteiger partial charge in [-0.1, -0.05) is 15.9 Å². The first-order valence-corrected chi connectivity index (χ1v) is 9.19. The normalized spacial score (nSPS) is 15.8. The molecule has 0 unspecified atom stereocenters. The van der Waals surface area contributed by atoms with Crippen molar-refractivity contribution in [2.24, 2.45) is 5.92 Å². The number of piperidine rings is 1. The molecule has 0 aliphatic carbocycles. The van der Waals surface area contributed by atoms with Gasteiger partial charge >= 0.3 is 6.09 Å². The first-order chi connectivity index (χ1) is 11.6. The van der Waals surface area contributed by atoms with Crippen molar-refractivity contribution in [2.75, 3.05) is 18.4 Å². The van der Waals surface area contributed by atoms with Crippen LogP contribution < -0.4 is 5.32 Å². The summed E-state index contributed by atoms with van der Waals surface area (Å²) < 4.78 is 6.12. The van der Waals surface area contributed by atoms with Crippen molar-refractivity contribution in [1.29, 1.82) is 0 Å². The maximum absolute atomic E-state index is 12.2. The molecule has 0 atom stereocenters. The zero-order valence-corrected chi connectivity index (χ0v) is 16.4. The number of ether oxygens (including phenoxy) is 1. The van der Waals surface area contributed by atoms with Gasteiger partial charge in [-0.2, -0.15) is 0 Å². The number of phenolic OH excluding ortho intramolecular Hbond substituents is 1. The van der Waals surface area contributed by atoms with Crippen LogP contribution in [-0.2, 0) is 9.53 Å². The number of likely N-dealkylation sites (tertiary alicyclic amines) is 1. The lowest BCUT2D eigenvalue weighted by atomic mass is 9.93. The van der Waals surface area contributed by atoms with E-state index in [2.05, 4.69) is 21.2 Å². The van der Waals surface area contributed by atoms with Crippen molar-refractivity contribution in [3.8, 4) is 5.75 Å². The van der Waals surface area contributed by atoms with Gasteiger partial charge in [0.15, 0.2) is 0 Å². The van der Waals surface area contributed by atoms with E-state index < -0.39 is 5.60 Å². The highest BCUT2D eigenvalue weighted by atomic mass is 79.9. The molecule has 1 aromatic rings. The van der Waals surface area contributed by atoms with Crippen LogP contribution in [0, 0.1) is 5.92 Å². The zero-order chi connectivity index (χ0) is 18.6. The Labute approximate surface area is 156 Å². The van der Waals surface area contributed by atoms with E-state index >= 15 is 0 Å². The molecule has 0 bridgehead atoms. The number of carbonyl (C=O) groups is 2. The third kappa shape index (κ3) is 6.23. The van der Waals surface area contributed by atoms with Crippen molar-refractivity contribution >= 4 is 33.6 Å². The molecule has 0 spiro atoms. The average Bonchev–Trinajstić information content (AvgIpc) is 2.49. The zero-order valence-electron chi connectivity index (χ0n) is 14.8. The third-order valence-corrected chi connectivity index (χ3v) is 4.47. The Hall–Kier alpha value is -1.76. The number of benzene rings is 1. The van der Waals surface area contributed by atoms with E-state index in [0.29, 0.717) is 25.2 Å². The molecule has 0 saturated carbocycles. The molecule has 7 heteroatoms. The third-order valence-electron chi connectivity index (χ3n) is 3.97. The minimum Gasteiger partial charge on any atom is -0.506 e. The fraction of sp³-hybridized carbons (Fsp3) is 0.556. The molecule has 1 aromatic carbocycles. The number of halogens is 1. The molecule has 138 valence electrons. The van der Waals surface area contributed by atoms with Gasteiger partial charge < -0.3 is 20.1 Å². The smallest absolute Gasteiger partial charge is 0.410 e. The molecule has 25 heavy (non-hydrogen) atoms. The summed E-state index contributed by atoms with van der Waals surface area (Å²) >= 11 is 3.26. The van der Waals surface area contributed by atoms with Crippen molar-refractivity contribution in [3.63, 3.8) is 0 Å². The van der Waals surface area contributed by atoms with Gasteiger partial charge in [-0.15, -0.1) is 0 Å². The van der Waals surface area contributed by atoms with Crippen molar-refractivity contribution < 1.29 is 19.4 Å². The minimum atomic E-state index is -0.500. The van der Waals surface area contributed by atoms with Gasteiger partial charge in [0.2, 0.25) is 5.91 Å². The number of anilines is 1. The van der Waals surface area contributed by atoms with Gasteiger partial charge in [-0.05, 0) is 57.7 Å². The molecule has 0 aromatic heterocycles. The number of amides is 2. The van der Waals surface area contributed by atoms with Gasteiger partial charge in [-0.3, -0.25) is 4.79 Å². The van der Waals surface area contributed by atoms with E-state index in [9.17, 15) is 14.7 Å². The number of carbonyl (C=O) groups excluding carboxylic acids is 2. The van der Waals surface area contributed by atoms with Crippen molar-refractivity contribution in [3.05, 3.63) is 22.7 Å². The van der Waals surface area contributed by atoms with Crippen LogP contribution in [0.2, 0.25) is 0 Å². The molecule has 2 N–H and O–H groups in total. The predicted octanol–water partition coefficient (Wildman–Crippen LogP) is 4.13. The second-order valence-electron chi connectivity index (χ2n) is 7.32. The van der Waals surface area contributed by atoms with Gasteiger partial charge in [0.05, 0.1) is 5.69 Å². The average molecular weight is 413 g/mol. The van der Waals surface area contributed by atoms with Crippen LogP contribution in [0.25, 0.3) is 0 Å². The number of aromatic hydroxyl groups is 1. The fourth-order valence-corrected chi connectivity index (χ4v) is 3.07. The molecule has 1 aliphatic rings. The predicted molar refractivity (Wildman–Crippen MR) is 99.6 cm³/mol. The summed E-state index contributed by atoms with van der Waals surface area (Å²) in [5.41, 5.74) is -0.0973. The quantitative estimate of drug-likeness (QED) is 0.731. The first-order valence-electron chi connectivity index (χ1n) is 8.40. The van der Waals surface area contributed by atoms with Crippen molar-refractivity contribution in [2.45, 2.75) is 45.6 Å². The fourth-order valence-electron chi connectivity index (χ4n) is 2.72. The Balaban J connectivity index is 1.79. The number of nitrogens with zero attached hydrogens (tertiary/aromatic N) is 1. The lowest BCUT2D eigenvalue weighted by Crippen LogP contribution is -2.42. The highest BCUT2D eigenvalue weighted by molar-refractivity contribution is 9.10. The van der Waals surface area contributed by atoms with E-state index in [1.165, 1.54) is 6.07 Å². The van der Waals surface area contributed by atoms with E-state index in [0.717, 1.165) is 17.3 Å². The van der Waals surface area contributed by atoms with Crippen LogP contribution in [0.1, 0.15) is 40.0 Å². The van der Waals surface area contributed by atoms with Crippen LogP contribution in [0.5, 0.6) is 5.75 Å². The largest absolute Gasteiger partial charge is 0.506 e. The lowest BCUT2D eigenvalue weighted by Gasteiger charge is -2.33. The van der Waals surface area contributed by atoms with E-state index in [1.54, 1.807) is 17.0 Å². The number of hydrogen-bond acceptors (Lipinski definition) is 4. The van der Waals surface area contributed by atoms with Gasteiger partial charge in [0.25, 0.3) is 0 Å².